The first-order chi connectivity index (χ1) is 29.3. The molecule has 1 heterocycles. The Bertz CT molecular complexity index is 2140. The van der Waals surface area contributed by atoms with Gasteiger partial charge >= 0.3 is 0 Å². The second-order valence-electron chi connectivity index (χ2n) is 16.0. The third-order valence-corrected chi connectivity index (χ3v) is 12.4. The molecule has 7 rings (SSSR count). The van der Waals surface area contributed by atoms with Crippen LogP contribution in [0.3, 0.4) is 0 Å². The fourth-order valence-corrected chi connectivity index (χ4v) is 9.64. The first-order valence-corrected chi connectivity index (χ1v) is 21.2. The number of methoxy groups -OCH3 is 1. The molecule has 0 unspecified atom stereocenters. The molecule has 0 radical (unpaired) electrons. The van der Waals surface area contributed by atoms with Crippen molar-refractivity contribution in [3.8, 4) is 34.1 Å². The van der Waals surface area contributed by atoms with Crippen LogP contribution in [0.25, 0.3) is 11.1 Å². The normalized spacial score (nSPS) is 23.4. The van der Waals surface area contributed by atoms with E-state index in [1.165, 1.54) is 0 Å². The van der Waals surface area contributed by atoms with Gasteiger partial charge in [-0.05, 0) is 102 Å². The van der Waals surface area contributed by atoms with Gasteiger partial charge in [-0.15, -0.1) is 6.58 Å². The van der Waals surface area contributed by atoms with Crippen LogP contribution >= 0.6 is 0 Å². The van der Waals surface area contributed by atoms with Crippen LogP contribution in [0.5, 0.6) is 23.0 Å². The van der Waals surface area contributed by atoms with Crippen LogP contribution < -0.4 is 14.2 Å². The van der Waals surface area contributed by atoms with Crippen molar-refractivity contribution in [2.45, 2.75) is 69.1 Å². The van der Waals surface area contributed by atoms with Crippen LogP contribution in [0.1, 0.15) is 62.0 Å². The molecule has 1 amide bonds. The summed E-state index contributed by atoms with van der Waals surface area (Å²) >= 11 is 0. The smallest absolute Gasteiger partial charge is 0.239 e. The molecule has 1 aliphatic heterocycles. The molecule has 10 nitrogen and oxygen atoms in total. The fourth-order valence-electron chi connectivity index (χ4n) is 9.64. The standard InChI is InChI=1S/C50H58N2O8/c1-5-28-58-50-46(52(2)47(55)30-34-14-13-18-39(29-34)56-3)33-44(51-57-4)42-31-37(17-9-11-26-53)41(19-10-12-27-54)48(49(42)50)43-32-40(24-25-45(43)60-50)59-38-22-20-36(21-23-38)35-15-7-6-8-16-35/h5-8,13-16,18,20-25,29,31-32,37,41,46,48-49,53-54H,1,9-12,17,19,26-28,30,33H2,2-4H3/t37-,41+,46-,48+,49+,50+/m0/s1. The van der Waals surface area contributed by atoms with Crippen molar-refractivity contribution in [2.24, 2.45) is 22.9 Å². The minimum Gasteiger partial charge on any atom is -0.497 e. The molecule has 4 aromatic rings. The van der Waals surface area contributed by atoms with E-state index in [2.05, 4.69) is 48.1 Å². The van der Waals surface area contributed by atoms with E-state index in [1.807, 2.05) is 73.8 Å². The Kier molecular flexibility index (Phi) is 14.1. The predicted octanol–water partition coefficient (Wildman–Crippen LogP) is 9.12. The summed E-state index contributed by atoms with van der Waals surface area (Å²) in [6.07, 6.45) is 9.29. The van der Waals surface area contributed by atoms with Crippen LogP contribution in [0.4, 0.5) is 0 Å². The molecular weight excluding hydrogens is 757 g/mol. The van der Waals surface area contributed by atoms with Crippen molar-refractivity contribution >= 4 is 11.6 Å². The van der Waals surface area contributed by atoms with Crippen molar-refractivity contribution in [1.82, 2.24) is 4.90 Å². The van der Waals surface area contributed by atoms with Crippen LogP contribution in [0, 0.1) is 17.8 Å². The van der Waals surface area contributed by atoms with Crippen LogP contribution in [0.2, 0.25) is 0 Å². The van der Waals surface area contributed by atoms with Gasteiger partial charge in [-0.3, -0.25) is 4.79 Å². The van der Waals surface area contributed by atoms with Crippen molar-refractivity contribution in [2.75, 3.05) is 41.1 Å². The number of carbonyl (C=O) groups excluding carboxylic acids is 1. The van der Waals surface area contributed by atoms with E-state index in [-0.39, 0.29) is 49.9 Å². The lowest BCUT2D eigenvalue weighted by atomic mass is 9.55. The number of benzene rings is 4. The Hall–Kier alpha value is -5.42. The third kappa shape index (κ3) is 9.01. The van der Waals surface area contributed by atoms with Crippen molar-refractivity contribution in [1.29, 1.82) is 0 Å². The molecule has 1 fully saturated rings. The number of allylic oxidation sites excluding steroid dienone is 1. The molecule has 0 saturated heterocycles. The van der Waals surface area contributed by atoms with Gasteiger partial charge in [0.15, 0.2) is 0 Å². The maximum Gasteiger partial charge on any atom is 0.239 e. The summed E-state index contributed by atoms with van der Waals surface area (Å²) in [7, 11) is 4.98. The number of aliphatic hydroxyl groups excluding tert-OH is 2. The van der Waals surface area contributed by atoms with E-state index >= 15 is 0 Å². The molecule has 2 N–H and O–H groups in total. The Labute approximate surface area is 354 Å². The van der Waals surface area contributed by atoms with E-state index < -0.39 is 17.7 Å². The molecule has 316 valence electrons. The number of aliphatic hydroxyl groups is 2. The molecule has 2 aliphatic carbocycles. The van der Waals surface area contributed by atoms with Gasteiger partial charge in [-0.2, -0.15) is 0 Å². The molecule has 60 heavy (non-hydrogen) atoms. The lowest BCUT2D eigenvalue weighted by Crippen LogP contribution is -2.69. The summed E-state index contributed by atoms with van der Waals surface area (Å²) in [6, 6.07) is 31.3. The number of carbonyl (C=O) groups is 1. The van der Waals surface area contributed by atoms with Crippen molar-refractivity contribution < 1.29 is 38.8 Å². The number of hydrogen-bond acceptors (Lipinski definition) is 9. The minimum atomic E-state index is -1.33. The lowest BCUT2D eigenvalue weighted by Gasteiger charge is -2.59. The average Bonchev–Trinajstić information content (AvgIpc) is 3.27. The van der Waals surface area contributed by atoms with Crippen LogP contribution in [-0.2, 0) is 20.8 Å². The van der Waals surface area contributed by atoms with E-state index in [1.54, 1.807) is 25.2 Å². The number of rotatable bonds is 19. The van der Waals surface area contributed by atoms with E-state index in [9.17, 15) is 15.0 Å². The quantitative estimate of drug-likeness (QED) is 0.0547. The second-order valence-corrected chi connectivity index (χ2v) is 16.0. The van der Waals surface area contributed by atoms with E-state index in [4.69, 9.17) is 23.8 Å². The number of likely N-dealkylation sites (N-methyl/N-ethyl adjacent to an activating group) is 1. The Morgan fingerprint density at radius 2 is 1.62 bits per heavy atom. The highest BCUT2D eigenvalue weighted by Gasteiger charge is 2.65. The second kappa shape index (κ2) is 19.8. The Morgan fingerprint density at radius 1 is 0.883 bits per heavy atom. The minimum absolute atomic E-state index is 0.0964. The number of oxime groups is 1. The maximum absolute atomic E-state index is 14.4. The molecular formula is C50H58N2O8. The molecule has 3 aliphatic rings. The highest BCUT2D eigenvalue weighted by molar-refractivity contribution is 6.03. The zero-order valence-electron chi connectivity index (χ0n) is 35.0. The van der Waals surface area contributed by atoms with Gasteiger partial charge < -0.3 is 38.9 Å². The Balaban J connectivity index is 1.35. The molecule has 1 saturated carbocycles. The first-order valence-electron chi connectivity index (χ1n) is 21.2. The third-order valence-electron chi connectivity index (χ3n) is 12.4. The summed E-state index contributed by atoms with van der Waals surface area (Å²) in [6.45, 7) is 4.44. The lowest BCUT2D eigenvalue weighted by molar-refractivity contribution is -0.255. The van der Waals surface area contributed by atoms with Gasteiger partial charge in [0.25, 0.3) is 0 Å². The summed E-state index contributed by atoms with van der Waals surface area (Å²) in [5.41, 5.74) is 5.79. The number of nitrogens with zero attached hydrogens (tertiary/aromatic N) is 2. The van der Waals surface area contributed by atoms with E-state index in [0.29, 0.717) is 42.3 Å². The number of amides is 1. The molecule has 0 spiro atoms. The molecule has 0 bridgehead atoms. The fraction of sp³-hybridized carbons (Fsp3) is 0.400. The predicted molar refractivity (Wildman–Crippen MR) is 233 cm³/mol. The van der Waals surface area contributed by atoms with Gasteiger partial charge in [0.05, 0.1) is 31.8 Å². The summed E-state index contributed by atoms with van der Waals surface area (Å²) < 4.78 is 26.3. The number of ether oxygens (including phenoxy) is 4. The van der Waals surface area contributed by atoms with E-state index in [0.717, 1.165) is 59.2 Å². The maximum atomic E-state index is 14.4. The van der Waals surface area contributed by atoms with Crippen molar-refractivity contribution in [3.63, 3.8) is 0 Å². The molecule has 4 aromatic carbocycles. The molecule has 10 heteroatoms. The van der Waals surface area contributed by atoms with Gasteiger partial charge in [0, 0.05) is 38.2 Å². The number of hydrogen-bond donors (Lipinski definition) is 2. The Morgan fingerprint density at radius 3 is 2.33 bits per heavy atom. The molecule has 6 atom stereocenters. The largest absolute Gasteiger partial charge is 0.497 e. The summed E-state index contributed by atoms with van der Waals surface area (Å²) in [4.78, 5) is 21.7. The first kappa shape index (κ1) is 42.7. The van der Waals surface area contributed by atoms with Crippen molar-refractivity contribution in [3.05, 3.63) is 132 Å². The number of fused-ring (bicyclic) bond motifs is 2. The topological polar surface area (TPSA) is 119 Å². The van der Waals surface area contributed by atoms with Crippen LogP contribution in [0.15, 0.2) is 127 Å². The molecule has 0 aromatic heterocycles. The zero-order chi connectivity index (χ0) is 42.1. The van der Waals surface area contributed by atoms with Gasteiger partial charge in [-0.25, -0.2) is 0 Å². The van der Waals surface area contributed by atoms with Gasteiger partial charge in [-0.1, -0.05) is 84.7 Å². The summed E-state index contributed by atoms with van der Waals surface area (Å²) in [5, 5.41) is 24.4. The van der Waals surface area contributed by atoms with Crippen LogP contribution in [-0.4, -0.2) is 79.6 Å². The SMILES string of the molecule is C=CCO[C@@]12Oc3ccc(Oc4ccc(-c5ccccc5)cc4)cc3[C@H]3[C@H](CCCCO)[C@@H](CCCCO)C=C(C(=NOC)C[C@@H]1N(C)C(=O)Cc1cccc(OC)c1)[C@H]32. The average molecular weight is 815 g/mol. The highest BCUT2D eigenvalue weighted by Crippen LogP contribution is 2.62. The number of unbranched alkanes of at least 4 members (excludes halogenated alkanes) is 2. The van der Waals surface area contributed by atoms with Gasteiger partial charge in [0.2, 0.25) is 11.7 Å². The van der Waals surface area contributed by atoms with Gasteiger partial charge in [0.1, 0.15) is 36.1 Å². The zero-order valence-corrected chi connectivity index (χ0v) is 35.0. The monoisotopic (exact) mass is 814 g/mol. The summed E-state index contributed by atoms with van der Waals surface area (Å²) in [5.74, 6) is 0.953. The highest BCUT2D eigenvalue weighted by atomic mass is 16.7.